The van der Waals surface area contributed by atoms with Crippen molar-refractivity contribution >= 4 is 5.91 Å². The largest absolute Gasteiger partial charge is 0.475 e. The summed E-state index contributed by atoms with van der Waals surface area (Å²) in [6.45, 7) is 4.80. The van der Waals surface area contributed by atoms with E-state index in [1.54, 1.807) is 4.90 Å². The molecule has 1 atom stereocenters. The van der Waals surface area contributed by atoms with E-state index in [9.17, 15) is 4.79 Å². The number of pyridine rings is 1. The minimum atomic E-state index is 0.184. The third kappa shape index (κ3) is 2.81. The molecule has 1 saturated heterocycles. The molecule has 4 heteroatoms. The van der Waals surface area contributed by atoms with Crippen LogP contribution >= 0.6 is 0 Å². The van der Waals surface area contributed by atoms with Crippen molar-refractivity contribution < 1.29 is 9.53 Å². The number of rotatable bonds is 4. The number of likely N-dealkylation sites (tertiary alicyclic amines) is 1. The van der Waals surface area contributed by atoms with Crippen molar-refractivity contribution in [3.8, 4) is 5.88 Å². The summed E-state index contributed by atoms with van der Waals surface area (Å²) in [4.78, 5) is 17.4. The summed E-state index contributed by atoms with van der Waals surface area (Å²) < 4.78 is 5.64. The van der Waals surface area contributed by atoms with Crippen LogP contribution in [-0.4, -0.2) is 35.5 Å². The summed E-state index contributed by atoms with van der Waals surface area (Å²) in [5.74, 6) is 1.31. The monoisotopic (exact) mass is 248 g/mol. The summed E-state index contributed by atoms with van der Waals surface area (Å²) in [6.07, 6.45) is 3.35. The number of carbonyl (C=O) groups excluding carboxylic acids is 1. The van der Waals surface area contributed by atoms with Crippen LogP contribution in [0.5, 0.6) is 5.88 Å². The third-order valence-corrected chi connectivity index (χ3v) is 3.48. The summed E-state index contributed by atoms with van der Waals surface area (Å²) in [7, 11) is 1.83. The molecule has 1 unspecified atom stereocenters. The van der Waals surface area contributed by atoms with Crippen LogP contribution in [0.25, 0.3) is 0 Å². The second kappa shape index (κ2) is 5.38. The first-order valence-electron chi connectivity index (χ1n) is 6.42. The highest BCUT2D eigenvalue weighted by Crippen LogP contribution is 2.19. The molecule has 0 N–H and O–H groups in total. The number of likely N-dealkylation sites (N-methyl/N-ethyl adjacent to an activating group) is 1. The maximum Gasteiger partial charge on any atom is 0.222 e. The Hall–Kier alpha value is -1.58. The van der Waals surface area contributed by atoms with Gasteiger partial charge in [-0.2, -0.15) is 0 Å². The van der Waals surface area contributed by atoms with Crippen molar-refractivity contribution in [2.24, 2.45) is 0 Å². The van der Waals surface area contributed by atoms with E-state index < -0.39 is 0 Å². The molecule has 1 amide bonds. The molecular formula is C14H20N2O2. The Kier molecular flexibility index (Phi) is 3.84. The van der Waals surface area contributed by atoms with E-state index in [2.05, 4.69) is 18.8 Å². The SMILES string of the molecule is CC(C)c1ccc(OCC2CCC(=O)N2C)nc1. The fourth-order valence-corrected chi connectivity index (χ4v) is 2.06. The first-order chi connectivity index (χ1) is 8.58. The van der Waals surface area contributed by atoms with Gasteiger partial charge in [-0.15, -0.1) is 0 Å². The molecule has 1 fully saturated rings. The average molecular weight is 248 g/mol. The highest BCUT2D eigenvalue weighted by atomic mass is 16.5. The lowest BCUT2D eigenvalue weighted by atomic mass is 10.1. The second-order valence-corrected chi connectivity index (χ2v) is 5.09. The summed E-state index contributed by atoms with van der Waals surface area (Å²) >= 11 is 0. The normalized spacial score (nSPS) is 19.7. The zero-order chi connectivity index (χ0) is 13.1. The highest BCUT2D eigenvalue weighted by Gasteiger charge is 2.27. The van der Waals surface area contributed by atoms with E-state index in [1.807, 2.05) is 25.4 Å². The fourth-order valence-electron chi connectivity index (χ4n) is 2.06. The lowest BCUT2D eigenvalue weighted by Gasteiger charge is -2.19. The molecule has 0 radical (unpaired) electrons. The van der Waals surface area contributed by atoms with Crippen molar-refractivity contribution in [1.82, 2.24) is 9.88 Å². The lowest BCUT2D eigenvalue weighted by molar-refractivity contribution is -0.127. The van der Waals surface area contributed by atoms with Crippen molar-refractivity contribution in [2.45, 2.75) is 38.6 Å². The summed E-state index contributed by atoms with van der Waals surface area (Å²) in [5.41, 5.74) is 1.20. The first kappa shape index (κ1) is 12.9. The van der Waals surface area contributed by atoms with Gasteiger partial charge >= 0.3 is 0 Å². The molecule has 1 aromatic rings. The van der Waals surface area contributed by atoms with Gasteiger partial charge in [-0.3, -0.25) is 4.79 Å². The van der Waals surface area contributed by atoms with Gasteiger partial charge in [0.2, 0.25) is 11.8 Å². The van der Waals surface area contributed by atoms with E-state index in [-0.39, 0.29) is 11.9 Å². The molecule has 98 valence electrons. The highest BCUT2D eigenvalue weighted by molar-refractivity contribution is 5.78. The minimum absolute atomic E-state index is 0.184. The van der Waals surface area contributed by atoms with Crippen LogP contribution in [0.1, 0.15) is 38.2 Å². The molecule has 1 aliphatic rings. The number of hydrogen-bond donors (Lipinski definition) is 0. The second-order valence-electron chi connectivity index (χ2n) is 5.09. The Morgan fingerprint density at radius 2 is 2.28 bits per heavy atom. The average Bonchev–Trinajstić information content (AvgIpc) is 2.68. The van der Waals surface area contributed by atoms with Gasteiger partial charge in [0, 0.05) is 25.7 Å². The van der Waals surface area contributed by atoms with Gasteiger partial charge in [-0.05, 0) is 17.9 Å². The molecular weight excluding hydrogens is 228 g/mol. The van der Waals surface area contributed by atoms with Crippen molar-refractivity contribution in [1.29, 1.82) is 0 Å². The van der Waals surface area contributed by atoms with Crippen molar-refractivity contribution in [3.63, 3.8) is 0 Å². The maximum absolute atomic E-state index is 11.4. The molecule has 18 heavy (non-hydrogen) atoms. The lowest BCUT2D eigenvalue weighted by Crippen LogP contribution is -2.33. The zero-order valence-corrected chi connectivity index (χ0v) is 11.2. The Bertz CT molecular complexity index is 414. The Balaban J connectivity index is 1.89. The molecule has 0 saturated carbocycles. The molecule has 1 aromatic heterocycles. The third-order valence-electron chi connectivity index (χ3n) is 3.48. The molecule has 0 spiro atoms. The topological polar surface area (TPSA) is 42.4 Å². The molecule has 0 bridgehead atoms. The summed E-state index contributed by atoms with van der Waals surface area (Å²) in [6, 6.07) is 4.12. The minimum Gasteiger partial charge on any atom is -0.475 e. The molecule has 0 aromatic carbocycles. The zero-order valence-electron chi connectivity index (χ0n) is 11.2. The van der Waals surface area contributed by atoms with Gasteiger partial charge in [0.25, 0.3) is 0 Å². The molecule has 1 aliphatic heterocycles. The van der Waals surface area contributed by atoms with Crippen LogP contribution in [0.3, 0.4) is 0 Å². The molecule has 4 nitrogen and oxygen atoms in total. The van der Waals surface area contributed by atoms with Crippen molar-refractivity contribution in [2.75, 3.05) is 13.7 Å². The summed E-state index contributed by atoms with van der Waals surface area (Å²) in [5, 5.41) is 0. The van der Waals surface area contributed by atoms with Crippen LogP contribution in [0.15, 0.2) is 18.3 Å². The van der Waals surface area contributed by atoms with E-state index >= 15 is 0 Å². The fraction of sp³-hybridized carbons (Fsp3) is 0.571. The van der Waals surface area contributed by atoms with E-state index in [1.165, 1.54) is 5.56 Å². The van der Waals surface area contributed by atoms with Crippen LogP contribution in [-0.2, 0) is 4.79 Å². The Morgan fingerprint density at radius 3 is 2.78 bits per heavy atom. The molecule has 2 rings (SSSR count). The van der Waals surface area contributed by atoms with Gasteiger partial charge in [0.15, 0.2) is 0 Å². The van der Waals surface area contributed by atoms with E-state index in [0.29, 0.717) is 24.8 Å². The van der Waals surface area contributed by atoms with Gasteiger partial charge in [0.05, 0.1) is 6.04 Å². The quantitative estimate of drug-likeness (QED) is 0.820. The Morgan fingerprint density at radius 1 is 1.50 bits per heavy atom. The van der Waals surface area contributed by atoms with Crippen LogP contribution in [0.4, 0.5) is 0 Å². The smallest absolute Gasteiger partial charge is 0.222 e. The van der Waals surface area contributed by atoms with Gasteiger partial charge in [-0.25, -0.2) is 4.98 Å². The van der Waals surface area contributed by atoms with Crippen LogP contribution < -0.4 is 4.74 Å². The van der Waals surface area contributed by atoms with E-state index in [4.69, 9.17) is 4.74 Å². The number of aromatic nitrogens is 1. The first-order valence-corrected chi connectivity index (χ1v) is 6.42. The van der Waals surface area contributed by atoms with E-state index in [0.717, 1.165) is 6.42 Å². The number of amides is 1. The maximum atomic E-state index is 11.4. The number of ether oxygens (including phenoxy) is 1. The predicted octanol–water partition coefficient (Wildman–Crippen LogP) is 2.20. The van der Waals surface area contributed by atoms with Gasteiger partial charge in [0.1, 0.15) is 6.61 Å². The van der Waals surface area contributed by atoms with Crippen LogP contribution in [0, 0.1) is 0 Å². The van der Waals surface area contributed by atoms with Gasteiger partial charge in [-0.1, -0.05) is 19.9 Å². The Labute approximate surface area is 108 Å². The standard InChI is InChI=1S/C14H20N2O2/c1-10(2)11-4-6-13(15-8-11)18-9-12-5-7-14(17)16(12)3/h4,6,8,10,12H,5,7,9H2,1-3H3. The van der Waals surface area contributed by atoms with Crippen molar-refractivity contribution in [3.05, 3.63) is 23.9 Å². The number of hydrogen-bond acceptors (Lipinski definition) is 3. The molecule has 0 aliphatic carbocycles. The molecule has 2 heterocycles. The van der Waals surface area contributed by atoms with Crippen LogP contribution in [0.2, 0.25) is 0 Å². The predicted molar refractivity (Wildman–Crippen MR) is 69.6 cm³/mol. The van der Waals surface area contributed by atoms with Gasteiger partial charge < -0.3 is 9.64 Å². The number of nitrogens with zero attached hydrogens (tertiary/aromatic N) is 2. The number of carbonyl (C=O) groups is 1.